The second-order valence-electron chi connectivity index (χ2n) is 4.79. The van der Waals surface area contributed by atoms with Gasteiger partial charge in [0.15, 0.2) is 0 Å². The number of rotatable bonds is 0. The van der Waals surface area contributed by atoms with Gasteiger partial charge in [0.05, 0.1) is 5.54 Å². The van der Waals surface area contributed by atoms with E-state index < -0.39 is 0 Å². The number of amides is 1. The summed E-state index contributed by atoms with van der Waals surface area (Å²) in [5.41, 5.74) is 2.12. The summed E-state index contributed by atoms with van der Waals surface area (Å²) in [6.07, 6.45) is 4.67. The van der Waals surface area contributed by atoms with E-state index in [1.807, 2.05) is 24.1 Å². The van der Waals surface area contributed by atoms with E-state index in [2.05, 4.69) is 22.0 Å². The average Bonchev–Trinajstić information content (AvgIpc) is 2.83. The summed E-state index contributed by atoms with van der Waals surface area (Å²) in [5.74, 6) is 0.185. The standard InChI is InChI=1S/C13H14BrNO/c1-15-12(16)10-5-4-9(14)8-11(10)13(15)6-2-3-7-13/h4-5,8H,2-3,6-7H2,1H3. The predicted octanol–water partition coefficient (Wildman–Crippen LogP) is 3.30. The third-order valence-electron chi connectivity index (χ3n) is 4.09. The van der Waals surface area contributed by atoms with Crippen molar-refractivity contribution in [2.45, 2.75) is 31.2 Å². The fourth-order valence-corrected chi connectivity index (χ4v) is 3.57. The average molecular weight is 280 g/mol. The quantitative estimate of drug-likeness (QED) is 0.714. The molecule has 1 spiro atoms. The predicted molar refractivity (Wildman–Crippen MR) is 66.4 cm³/mol. The van der Waals surface area contributed by atoms with Crippen LogP contribution < -0.4 is 0 Å². The first-order valence-corrected chi connectivity index (χ1v) is 6.53. The molecule has 1 aliphatic heterocycles. The van der Waals surface area contributed by atoms with Crippen LogP contribution in [0, 0.1) is 0 Å². The topological polar surface area (TPSA) is 20.3 Å². The molecule has 0 saturated heterocycles. The van der Waals surface area contributed by atoms with Gasteiger partial charge < -0.3 is 4.90 Å². The Morgan fingerprint density at radius 3 is 2.69 bits per heavy atom. The molecular weight excluding hydrogens is 266 g/mol. The Bertz CT molecular complexity index is 463. The first kappa shape index (κ1) is 10.3. The number of hydrogen-bond donors (Lipinski definition) is 0. The number of carbonyl (C=O) groups is 1. The molecule has 2 aliphatic rings. The van der Waals surface area contributed by atoms with Crippen LogP contribution in [0.15, 0.2) is 22.7 Å². The van der Waals surface area contributed by atoms with E-state index in [1.54, 1.807) is 0 Å². The zero-order chi connectivity index (χ0) is 11.3. The molecule has 1 amide bonds. The zero-order valence-corrected chi connectivity index (χ0v) is 10.9. The van der Waals surface area contributed by atoms with Crippen molar-refractivity contribution < 1.29 is 4.79 Å². The summed E-state index contributed by atoms with van der Waals surface area (Å²) in [5, 5.41) is 0. The van der Waals surface area contributed by atoms with E-state index in [4.69, 9.17) is 0 Å². The lowest BCUT2D eigenvalue weighted by Crippen LogP contribution is -2.38. The summed E-state index contributed by atoms with van der Waals surface area (Å²) in [7, 11) is 1.95. The van der Waals surface area contributed by atoms with Gasteiger partial charge in [0.2, 0.25) is 0 Å². The molecule has 84 valence electrons. The minimum Gasteiger partial charge on any atom is -0.332 e. The Morgan fingerprint density at radius 2 is 2.00 bits per heavy atom. The number of nitrogens with zero attached hydrogens (tertiary/aromatic N) is 1. The van der Waals surface area contributed by atoms with Crippen molar-refractivity contribution in [3.05, 3.63) is 33.8 Å². The minimum atomic E-state index is -0.00377. The molecule has 0 radical (unpaired) electrons. The van der Waals surface area contributed by atoms with Crippen molar-refractivity contribution in [2.24, 2.45) is 0 Å². The fraction of sp³-hybridized carbons (Fsp3) is 0.462. The molecule has 1 aliphatic carbocycles. The first-order valence-electron chi connectivity index (χ1n) is 5.73. The van der Waals surface area contributed by atoms with Crippen LogP contribution in [0.25, 0.3) is 0 Å². The van der Waals surface area contributed by atoms with E-state index >= 15 is 0 Å². The van der Waals surface area contributed by atoms with Crippen LogP contribution in [-0.2, 0) is 5.54 Å². The van der Waals surface area contributed by atoms with Crippen molar-refractivity contribution in [3.63, 3.8) is 0 Å². The molecular formula is C13H14BrNO. The summed E-state index contributed by atoms with van der Waals surface area (Å²) in [4.78, 5) is 14.1. The summed E-state index contributed by atoms with van der Waals surface area (Å²) in [6.45, 7) is 0. The summed E-state index contributed by atoms with van der Waals surface area (Å²) in [6, 6.07) is 6.03. The summed E-state index contributed by atoms with van der Waals surface area (Å²) >= 11 is 3.51. The van der Waals surface area contributed by atoms with Gasteiger partial charge >= 0.3 is 0 Å². The van der Waals surface area contributed by atoms with Gasteiger partial charge in [-0.3, -0.25) is 4.79 Å². The molecule has 1 heterocycles. The third-order valence-corrected chi connectivity index (χ3v) is 4.58. The van der Waals surface area contributed by atoms with Gasteiger partial charge in [0.1, 0.15) is 0 Å². The molecule has 1 fully saturated rings. The van der Waals surface area contributed by atoms with Crippen LogP contribution in [0.1, 0.15) is 41.6 Å². The highest BCUT2D eigenvalue weighted by Gasteiger charge is 2.48. The lowest BCUT2D eigenvalue weighted by molar-refractivity contribution is 0.0642. The molecule has 3 rings (SSSR count). The number of carbonyl (C=O) groups excluding carboxylic acids is 1. The van der Waals surface area contributed by atoms with Crippen LogP contribution >= 0.6 is 15.9 Å². The second-order valence-corrected chi connectivity index (χ2v) is 5.71. The SMILES string of the molecule is CN1C(=O)c2ccc(Br)cc2C12CCCC2. The molecule has 1 aromatic carbocycles. The van der Waals surface area contributed by atoms with Gasteiger partial charge in [-0.2, -0.15) is 0 Å². The van der Waals surface area contributed by atoms with Gasteiger partial charge in [-0.25, -0.2) is 0 Å². The lowest BCUT2D eigenvalue weighted by Gasteiger charge is -2.32. The van der Waals surface area contributed by atoms with Gasteiger partial charge in [0.25, 0.3) is 5.91 Å². The molecule has 0 N–H and O–H groups in total. The molecule has 3 heteroatoms. The molecule has 0 atom stereocenters. The summed E-state index contributed by atoms with van der Waals surface area (Å²) < 4.78 is 1.07. The Hall–Kier alpha value is -0.830. The van der Waals surface area contributed by atoms with Crippen LogP contribution in [0.5, 0.6) is 0 Å². The van der Waals surface area contributed by atoms with E-state index in [-0.39, 0.29) is 11.4 Å². The van der Waals surface area contributed by atoms with Gasteiger partial charge in [0, 0.05) is 17.1 Å². The second kappa shape index (κ2) is 3.33. The van der Waals surface area contributed by atoms with Crippen molar-refractivity contribution in [1.82, 2.24) is 4.90 Å². The van der Waals surface area contributed by atoms with E-state index in [0.717, 1.165) is 22.9 Å². The Kier molecular flexibility index (Phi) is 2.15. The molecule has 1 aromatic rings. The van der Waals surface area contributed by atoms with Crippen molar-refractivity contribution >= 4 is 21.8 Å². The normalized spacial score (nSPS) is 21.9. The van der Waals surface area contributed by atoms with Gasteiger partial charge in [-0.1, -0.05) is 28.8 Å². The number of fused-ring (bicyclic) bond motifs is 2. The van der Waals surface area contributed by atoms with Crippen molar-refractivity contribution in [2.75, 3.05) is 7.05 Å². The molecule has 0 aromatic heterocycles. The highest BCUT2D eigenvalue weighted by molar-refractivity contribution is 9.10. The Balaban J connectivity index is 2.23. The van der Waals surface area contributed by atoms with Crippen LogP contribution in [0.2, 0.25) is 0 Å². The van der Waals surface area contributed by atoms with E-state index in [9.17, 15) is 4.79 Å². The molecule has 16 heavy (non-hydrogen) atoms. The Labute approximate surface area is 104 Å². The highest BCUT2D eigenvalue weighted by Crippen LogP contribution is 2.49. The van der Waals surface area contributed by atoms with Crippen LogP contribution in [0.4, 0.5) is 0 Å². The molecule has 1 saturated carbocycles. The molecule has 0 unspecified atom stereocenters. The monoisotopic (exact) mass is 279 g/mol. The Morgan fingerprint density at radius 1 is 1.31 bits per heavy atom. The number of halogens is 1. The van der Waals surface area contributed by atoms with Crippen LogP contribution in [0.3, 0.4) is 0 Å². The van der Waals surface area contributed by atoms with Crippen molar-refractivity contribution in [1.29, 1.82) is 0 Å². The maximum atomic E-state index is 12.2. The van der Waals surface area contributed by atoms with Gasteiger partial charge in [-0.05, 0) is 36.6 Å². The van der Waals surface area contributed by atoms with Crippen LogP contribution in [-0.4, -0.2) is 17.9 Å². The molecule has 0 bridgehead atoms. The van der Waals surface area contributed by atoms with Gasteiger partial charge in [-0.15, -0.1) is 0 Å². The maximum Gasteiger partial charge on any atom is 0.254 e. The minimum absolute atomic E-state index is 0.00377. The smallest absolute Gasteiger partial charge is 0.254 e. The van der Waals surface area contributed by atoms with E-state index in [1.165, 1.54) is 18.4 Å². The highest BCUT2D eigenvalue weighted by atomic mass is 79.9. The fourth-order valence-electron chi connectivity index (χ4n) is 3.21. The maximum absolute atomic E-state index is 12.2. The number of hydrogen-bond acceptors (Lipinski definition) is 1. The van der Waals surface area contributed by atoms with Crippen molar-refractivity contribution in [3.8, 4) is 0 Å². The third kappa shape index (κ3) is 1.15. The largest absolute Gasteiger partial charge is 0.332 e. The zero-order valence-electron chi connectivity index (χ0n) is 9.29. The van der Waals surface area contributed by atoms with E-state index in [0.29, 0.717) is 0 Å². The number of benzene rings is 1. The molecule has 2 nitrogen and oxygen atoms in total. The lowest BCUT2D eigenvalue weighted by atomic mass is 9.88. The first-order chi connectivity index (χ1) is 7.65.